The number of nitriles is 1. The van der Waals surface area contributed by atoms with Crippen molar-refractivity contribution in [2.75, 3.05) is 38.2 Å². The van der Waals surface area contributed by atoms with Gasteiger partial charge in [-0.3, -0.25) is 4.79 Å². The number of carbonyl (C=O) groups excluding carboxylic acids is 1. The van der Waals surface area contributed by atoms with Crippen LogP contribution in [0.25, 0.3) is 22.4 Å². The lowest BCUT2D eigenvalue weighted by Crippen LogP contribution is -2.38. The minimum atomic E-state index is -0.0314. The van der Waals surface area contributed by atoms with Crippen LogP contribution in [0.4, 0.5) is 5.82 Å². The number of nitrogens with zero attached hydrogens (tertiary/aromatic N) is 5. The molecule has 2 aliphatic heterocycles. The van der Waals surface area contributed by atoms with Crippen LogP contribution in [0, 0.1) is 11.3 Å². The number of aromatic nitrogens is 3. The van der Waals surface area contributed by atoms with Gasteiger partial charge in [-0.15, -0.1) is 0 Å². The zero-order valence-electron chi connectivity index (χ0n) is 21.5. The third-order valence-corrected chi connectivity index (χ3v) is 7.78. The van der Waals surface area contributed by atoms with Crippen LogP contribution in [0.5, 0.6) is 5.75 Å². The Morgan fingerprint density at radius 2 is 1.82 bits per heavy atom. The zero-order valence-corrected chi connectivity index (χ0v) is 21.5. The molecule has 1 N–H and O–H groups in total. The van der Waals surface area contributed by atoms with Crippen molar-refractivity contribution in [1.82, 2.24) is 19.9 Å². The maximum Gasteiger partial charge on any atom is 0.257 e. The van der Waals surface area contributed by atoms with Crippen molar-refractivity contribution < 1.29 is 9.53 Å². The van der Waals surface area contributed by atoms with E-state index in [0.717, 1.165) is 48.3 Å². The van der Waals surface area contributed by atoms with E-state index in [9.17, 15) is 4.79 Å². The molecule has 2 aliphatic rings. The molecule has 0 saturated carbocycles. The molecule has 192 valence electrons. The van der Waals surface area contributed by atoms with Crippen molar-refractivity contribution >= 4 is 22.8 Å². The van der Waals surface area contributed by atoms with Crippen LogP contribution in [0.2, 0.25) is 0 Å². The summed E-state index contributed by atoms with van der Waals surface area (Å²) in [4.78, 5) is 30.6. The van der Waals surface area contributed by atoms with E-state index in [0.29, 0.717) is 41.7 Å². The van der Waals surface area contributed by atoms with Crippen LogP contribution in [0.3, 0.4) is 0 Å². The number of rotatable bonds is 5. The standard InChI is InChI=1S/C30H30N6O2/c1-38-27-9-8-23(29-33-25-17-28(32-19-26(25)34-29)35-12-2-3-13-35)16-24(27)30(37)36-14-10-22(11-15-36)21-6-4-20(18-31)5-7-21/h4-9,16-17,19,22H,2-3,10-15H2,1H3,(H,33,34). The van der Waals surface area contributed by atoms with E-state index in [-0.39, 0.29) is 5.91 Å². The molecule has 38 heavy (non-hydrogen) atoms. The highest BCUT2D eigenvalue weighted by Gasteiger charge is 2.27. The van der Waals surface area contributed by atoms with Gasteiger partial charge in [-0.25, -0.2) is 9.97 Å². The van der Waals surface area contributed by atoms with Gasteiger partial charge in [-0.2, -0.15) is 5.26 Å². The molecule has 2 aromatic carbocycles. The number of hydrogen-bond acceptors (Lipinski definition) is 6. The lowest BCUT2D eigenvalue weighted by atomic mass is 9.89. The third-order valence-electron chi connectivity index (χ3n) is 7.78. The van der Waals surface area contributed by atoms with Gasteiger partial charge in [0, 0.05) is 37.8 Å². The van der Waals surface area contributed by atoms with Gasteiger partial charge in [0.25, 0.3) is 5.91 Å². The number of H-pyrrole nitrogens is 1. The van der Waals surface area contributed by atoms with Gasteiger partial charge in [-0.1, -0.05) is 12.1 Å². The van der Waals surface area contributed by atoms with E-state index < -0.39 is 0 Å². The largest absolute Gasteiger partial charge is 0.496 e. The Morgan fingerprint density at radius 1 is 1.05 bits per heavy atom. The summed E-state index contributed by atoms with van der Waals surface area (Å²) in [7, 11) is 1.59. The van der Waals surface area contributed by atoms with Gasteiger partial charge in [0.15, 0.2) is 0 Å². The first kappa shape index (κ1) is 24.0. The number of carbonyl (C=O) groups is 1. The molecule has 6 rings (SSSR count). The number of benzene rings is 2. The molecule has 8 nitrogen and oxygen atoms in total. The smallest absolute Gasteiger partial charge is 0.257 e. The number of anilines is 1. The maximum atomic E-state index is 13.6. The first-order valence-corrected chi connectivity index (χ1v) is 13.2. The number of amides is 1. The molecule has 0 atom stereocenters. The average molecular weight is 507 g/mol. The Hall–Kier alpha value is -4.38. The monoisotopic (exact) mass is 506 g/mol. The highest BCUT2D eigenvalue weighted by Crippen LogP contribution is 2.32. The van der Waals surface area contributed by atoms with Crippen molar-refractivity contribution in [1.29, 1.82) is 5.26 Å². The average Bonchev–Trinajstić information content (AvgIpc) is 3.67. The van der Waals surface area contributed by atoms with Crippen molar-refractivity contribution in [3.8, 4) is 23.2 Å². The minimum absolute atomic E-state index is 0.0314. The summed E-state index contributed by atoms with van der Waals surface area (Å²) in [5.41, 5.74) is 5.00. The Labute approximate surface area is 221 Å². The summed E-state index contributed by atoms with van der Waals surface area (Å²) in [6, 6.07) is 17.6. The summed E-state index contributed by atoms with van der Waals surface area (Å²) in [5.74, 6) is 2.58. The summed E-state index contributed by atoms with van der Waals surface area (Å²) in [6.45, 7) is 3.41. The van der Waals surface area contributed by atoms with Gasteiger partial charge in [0.2, 0.25) is 0 Å². The van der Waals surface area contributed by atoms with Crippen LogP contribution >= 0.6 is 0 Å². The Balaban J connectivity index is 1.21. The zero-order chi connectivity index (χ0) is 26.1. The topological polar surface area (TPSA) is 98.1 Å². The number of pyridine rings is 1. The van der Waals surface area contributed by atoms with Crippen molar-refractivity contribution in [2.24, 2.45) is 0 Å². The van der Waals surface area contributed by atoms with Gasteiger partial charge < -0.3 is 19.5 Å². The fraction of sp³-hybridized carbons (Fsp3) is 0.333. The number of ether oxygens (including phenoxy) is 1. The van der Waals surface area contributed by atoms with Gasteiger partial charge >= 0.3 is 0 Å². The molecule has 1 amide bonds. The number of piperidine rings is 1. The van der Waals surface area contributed by atoms with Crippen LogP contribution < -0.4 is 9.64 Å². The lowest BCUT2D eigenvalue weighted by molar-refractivity contribution is 0.0709. The molecule has 4 aromatic rings. The van der Waals surface area contributed by atoms with E-state index in [1.807, 2.05) is 59.6 Å². The highest BCUT2D eigenvalue weighted by atomic mass is 16.5. The maximum absolute atomic E-state index is 13.6. The molecule has 0 radical (unpaired) electrons. The van der Waals surface area contributed by atoms with Crippen LogP contribution in [0.15, 0.2) is 54.7 Å². The van der Waals surface area contributed by atoms with E-state index in [4.69, 9.17) is 15.0 Å². The molecule has 2 saturated heterocycles. The van der Waals surface area contributed by atoms with E-state index in [1.165, 1.54) is 18.4 Å². The highest BCUT2D eigenvalue weighted by molar-refractivity contribution is 5.98. The minimum Gasteiger partial charge on any atom is -0.496 e. The fourth-order valence-corrected chi connectivity index (χ4v) is 5.59. The molecule has 2 fully saturated rings. The molecular weight excluding hydrogens is 476 g/mol. The van der Waals surface area contributed by atoms with E-state index in [1.54, 1.807) is 7.11 Å². The Bertz CT molecular complexity index is 1510. The van der Waals surface area contributed by atoms with E-state index >= 15 is 0 Å². The second-order valence-electron chi connectivity index (χ2n) is 10.1. The van der Waals surface area contributed by atoms with Gasteiger partial charge in [-0.05, 0) is 67.5 Å². The second-order valence-corrected chi connectivity index (χ2v) is 10.1. The predicted octanol–water partition coefficient (Wildman–Crippen LogP) is 5.13. The molecule has 0 spiro atoms. The fourth-order valence-electron chi connectivity index (χ4n) is 5.59. The van der Waals surface area contributed by atoms with Crippen LogP contribution in [-0.2, 0) is 0 Å². The number of nitrogens with one attached hydrogen (secondary N) is 1. The third kappa shape index (κ3) is 4.56. The number of aromatic amines is 1. The molecule has 0 bridgehead atoms. The van der Waals surface area contributed by atoms with Gasteiger partial charge in [0.1, 0.15) is 17.4 Å². The number of likely N-dealkylation sites (tertiary alicyclic amines) is 1. The summed E-state index contributed by atoms with van der Waals surface area (Å²) in [6.07, 6.45) is 6.00. The predicted molar refractivity (Wildman–Crippen MR) is 146 cm³/mol. The first-order chi connectivity index (χ1) is 18.6. The molecule has 2 aromatic heterocycles. The Kier molecular flexibility index (Phi) is 6.42. The molecule has 4 heterocycles. The summed E-state index contributed by atoms with van der Waals surface area (Å²) in [5, 5.41) is 9.05. The van der Waals surface area contributed by atoms with Crippen LogP contribution in [0.1, 0.15) is 53.1 Å². The number of fused-ring (bicyclic) bond motifs is 1. The molecule has 0 aliphatic carbocycles. The van der Waals surface area contributed by atoms with Crippen LogP contribution in [-0.4, -0.2) is 59.0 Å². The van der Waals surface area contributed by atoms with Gasteiger partial charge in [0.05, 0.1) is 41.5 Å². The first-order valence-electron chi connectivity index (χ1n) is 13.2. The van der Waals surface area contributed by atoms with Crippen molar-refractivity contribution in [2.45, 2.75) is 31.6 Å². The van der Waals surface area contributed by atoms with Crippen molar-refractivity contribution in [3.63, 3.8) is 0 Å². The molecule has 0 unspecified atom stereocenters. The SMILES string of the molecule is COc1ccc(-c2nc3cc(N4CCCC4)ncc3[nH]2)cc1C(=O)N1CCC(c2ccc(C#N)cc2)CC1. The normalized spacial score (nSPS) is 16.1. The second kappa shape index (κ2) is 10.2. The van der Waals surface area contributed by atoms with E-state index in [2.05, 4.69) is 20.9 Å². The Morgan fingerprint density at radius 3 is 2.53 bits per heavy atom. The summed E-state index contributed by atoms with van der Waals surface area (Å²) >= 11 is 0. The lowest BCUT2D eigenvalue weighted by Gasteiger charge is -2.32. The number of methoxy groups -OCH3 is 1. The quantitative estimate of drug-likeness (QED) is 0.403. The number of hydrogen-bond donors (Lipinski definition) is 1. The number of imidazole rings is 1. The van der Waals surface area contributed by atoms with Crippen molar-refractivity contribution in [3.05, 3.63) is 71.4 Å². The molecule has 8 heteroatoms. The molecular formula is C30H30N6O2. The summed E-state index contributed by atoms with van der Waals surface area (Å²) < 4.78 is 5.57.